The lowest BCUT2D eigenvalue weighted by atomic mass is 10.0. The number of nitrogens with zero attached hydrogens (tertiary/aromatic N) is 1. The molecular formula is C14H13ClF3N. The second-order valence-corrected chi connectivity index (χ2v) is 4.87. The van der Waals surface area contributed by atoms with Gasteiger partial charge in [0.05, 0.1) is 17.8 Å². The van der Waals surface area contributed by atoms with Crippen LogP contribution in [0.5, 0.6) is 0 Å². The molecule has 1 aromatic carbocycles. The molecule has 0 aliphatic carbocycles. The smallest absolute Gasteiger partial charge is 0.138 e. The monoisotopic (exact) mass is 287 g/mol. The molecule has 1 aromatic rings. The average molecular weight is 288 g/mol. The third-order valence-electron chi connectivity index (χ3n) is 3.03. The molecule has 1 nitrogen and oxygen atoms in total. The molecule has 0 spiro atoms. The van der Waals surface area contributed by atoms with Gasteiger partial charge in [0.15, 0.2) is 0 Å². The quantitative estimate of drug-likeness (QED) is 0.784. The Hall–Kier alpha value is -1.42. The standard InChI is InChI=1S/C14H13ClF3N/c1-3-19-7-9(15)4-8(2)14(19)13-11(17)5-10(16)6-12(13)18/h4-6H,3,7H2,1-2H3. The van der Waals surface area contributed by atoms with E-state index in [-0.39, 0.29) is 5.56 Å². The minimum atomic E-state index is -0.926. The molecule has 1 aliphatic heterocycles. The van der Waals surface area contributed by atoms with Crippen molar-refractivity contribution in [3.8, 4) is 0 Å². The lowest BCUT2D eigenvalue weighted by molar-refractivity contribution is 0.441. The van der Waals surface area contributed by atoms with E-state index in [1.807, 2.05) is 6.92 Å². The van der Waals surface area contributed by atoms with Gasteiger partial charge in [0, 0.05) is 23.7 Å². The van der Waals surface area contributed by atoms with Crippen molar-refractivity contribution < 1.29 is 13.2 Å². The molecule has 0 unspecified atom stereocenters. The van der Waals surface area contributed by atoms with Crippen LogP contribution in [0.1, 0.15) is 19.4 Å². The highest BCUT2D eigenvalue weighted by Gasteiger charge is 2.24. The van der Waals surface area contributed by atoms with Crippen LogP contribution in [0.15, 0.2) is 28.8 Å². The van der Waals surface area contributed by atoms with E-state index in [4.69, 9.17) is 11.6 Å². The summed E-state index contributed by atoms with van der Waals surface area (Å²) in [5.74, 6) is -2.74. The highest BCUT2D eigenvalue weighted by molar-refractivity contribution is 6.30. The van der Waals surface area contributed by atoms with E-state index >= 15 is 0 Å². The van der Waals surface area contributed by atoms with Gasteiger partial charge in [-0.2, -0.15) is 0 Å². The average Bonchev–Trinajstić information content (AvgIpc) is 2.29. The Morgan fingerprint density at radius 3 is 2.32 bits per heavy atom. The topological polar surface area (TPSA) is 3.24 Å². The highest BCUT2D eigenvalue weighted by Crippen LogP contribution is 2.33. The van der Waals surface area contributed by atoms with E-state index in [0.717, 1.165) is 0 Å². The molecule has 0 bridgehead atoms. The number of halogens is 4. The fraction of sp³-hybridized carbons (Fsp3) is 0.286. The molecule has 0 fully saturated rings. The first-order chi connectivity index (χ1) is 8.93. The molecule has 0 aromatic heterocycles. The van der Waals surface area contributed by atoms with Crippen LogP contribution in [-0.4, -0.2) is 18.0 Å². The third kappa shape index (κ3) is 2.63. The van der Waals surface area contributed by atoms with Gasteiger partial charge in [-0.1, -0.05) is 11.6 Å². The summed E-state index contributed by atoms with van der Waals surface area (Å²) in [6, 6.07) is 1.37. The van der Waals surface area contributed by atoms with E-state index < -0.39 is 17.5 Å². The largest absolute Gasteiger partial charge is 0.366 e. The maximum absolute atomic E-state index is 13.9. The molecule has 2 rings (SSSR count). The molecule has 0 atom stereocenters. The van der Waals surface area contributed by atoms with Gasteiger partial charge in [-0.05, 0) is 25.5 Å². The number of hydrogen-bond donors (Lipinski definition) is 0. The highest BCUT2D eigenvalue weighted by atomic mass is 35.5. The van der Waals surface area contributed by atoms with Gasteiger partial charge in [-0.15, -0.1) is 0 Å². The summed E-state index contributed by atoms with van der Waals surface area (Å²) in [5.41, 5.74) is 0.866. The predicted molar refractivity (Wildman–Crippen MR) is 70.1 cm³/mol. The van der Waals surface area contributed by atoms with Crippen LogP contribution in [0.2, 0.25) is 0 Å². The molecule has 5 heteroatoms. The second kappa shape index (κ2) is 5.29. The van der Waals surface area contributed by atoms with Crippen molar-refractivity contribution in [2.24, 2.45) is 0 Å². The van der Waals surface area contributed by atoms with Crippen LogP contribution >= 0.6 is 11.6 Å². The van der Waals surface area contributed by atoms with Crippen LogP contribution < -0.4 is 0 Å². The van der Waals surface area contributed by atoms with Gasteiger partial charge in [-0.25, -0.2) is 13.2 Å². The number of allylic oxidation sites excluding steroid dienone is 2. The summed E-state index contributed by atoms with van der Waals surface area (Å²) < 4.78 is 40.7. The molecule has 1 aliphatic rings. The Morgan fingerprint density at radius 2 is 1.79 bits per heavy atom. The van der Waals surface area contributed by atoms with E-state index in [0.29, 0.717) is 41.5 Å². The van der Waals surface area contributed by atoms with Crippen molar-refractivity contribution in [3.05, 3.63) is 51.8 Å². The summed E-state index contributed by atoms with van der Waals surface area (Å²) >= 11 is 5.98. The second-order valence-electron chi connectivity index (χ2n) is 4.38. The van der Waals surface area contributed by atoms with E-state index in [1.165, 1.54) is 0 Å². The van der Waals surface area contributed by atoms with Crippen LogP contribution in [-0.2, 0) is 0 Å². The Balaban J connectivity index is 2.65. The van der Waals surface area contributed by atoms with E-state index in [2.05, 4.69) is 0 Å². The van der Waals surface area contributed by atoms with Crippen molar-refractivity contribution >= 4 is 17.3 Å². The maximum atomic E-state index is 13.9. The van der Waals surface area contributed by atoms with Crippen molar-refractivity contribution in [1.82, 2.24) is 4.90 Å². The Morgan fingerprint density at radius 1 is 1.21 bits per heavy atom. The summed E-state index contributed by atoms with van der Waals surface area (Å²) in [5, 5.41) is 0.603. The molecule has 0 saturated heterocycles. The molecule has 0 amide bonds. The Bertz CT molecular complexity index is 555. The molecule has 1 heterocycles. The van der Waals surface area contributed by atoms with Crippen molar-refractivity contribution in [2.45, 2.75) is 13.8 Å². The first kappa shape index (κ1) is 14.0. The predicted octanol–water partition coefficient (Wildman–Crippen LogP) is 4.29. The van der Waals surface area contributed by atoms with Crippen LogP contribution in [0.4, 0.5) is 13.2 Å². The minimum Gasteiger partial charge on any atom is -0.366 e. The van der Waals surface area contributed by atoms with Gasteiger partial charge in [-0.3, -0.25) is 0 Å². The fourth-order valence-electron chi connectivity index (χ4n) is 2.25. The minimum absolute atomic E-state index is 0.207. The number of hydrogen-bond acceptors (Lipinski definition) is 1. The van der Waals surface area contributed by atoms with E-state index in [1.54, 1.807) is 17.9 Å². The first-order valence-corrected chi connectivity index (χ1v) is 6.28. The first-order valence-electron chi connectivity index (χ1n) is 5.90. The summed E-state index contributed by atoms with van der Waals surface area (Å²) in [6.07, 6.45) is 1.67. The van der Waals surface area contributed by atoms with Gasteiger partial charge in [0.1, 0.15) is 17.5 Å². The van der Waals surface area contributed by atoms with Crippen molar-refractivity contribution in [1.29, 1.82) is 0 Å². The summed E-state index contributed by atoms with van der Waals surface area (Å²) in [6.45, 7) is 4.53. The lowest BCUT2D eigenvalue weighted by Crippen LogP contribution is -2.27. The molecule has 19 heavy (non-hydrogen) atoms. The zero-order valence-corrected chi connectivity index (χ0v) is 11.4. The van der Waals surface area contributed by atoms with E-state index in [9.17, 15) is 13.2 Å². The summed E-state index contributed by atoms with van der Waals surface area (Å²) in [7, 11) is 0. The molecule has 102 valence electrons. The number of rotatable bonds is 2. The Kier molecular flexibility index (Phi) is 3.90. The van der Waals surface area contributed by atoms with Crippen LogP contribution in [0.3, 0.4) is 0 Å². The van der Waals surface area contributed by atoms with Crippen molar-refractivity contribution in [3.63, 3.8) is 0 Å². The molecule has 0 N–H and O–H groups in total. The molecule has 0 radical (unpaired) electrons. The van der Waals surface area contributed by atoms with Gasteiger partial charge in [0.25, 0.3) is 0 Å². The summed E-state index contributed by atoms with van der Waals surface area (Å²) in [4.78, 5) is 1.76. The van der Waals surface area contributed by atoms with Crippen molar-refractivity contribution in [2.75, 3.05) is 13.1 Å². The zero-order valence-electron chi connectivity index (χ0n) is 10.6. The molecular weight excluding hydrogens is 275 g/mol. The Labute approximate surface area is 115 Å². The van der Waals surface area contributed by atoms with Crippen LogP contribution in [0, 0.1) is 17.5 Å². The molecule has 0 saturated carbocycles. The zero-order chi connectivity index (χ0) is 14.2. The third-order valence-corrected chi connectivity index (χ3v) is 3.26. The van der Waals surface area contributed by atoms with Gasteiger partial charge in [0.2, 0.25) is 0 Å². The maximum Gasteiger partial charge on any atom is 0.138 e. The van der Waals surface area contributed by atoms with Crippen LogP contribution in [0.25, 0.3) is 5.70 Å². The van der Waals surface area contributed by atoms with Gasteiger partial charge >= 0.3 is 0 Å². The SMILES string of the molecule is CCN1CC(Cl)=CC(C)=C1c1c(F)cc(F)cc1F. The normalized spacial score (nSPS) is 15.9. The fourth-order valence-corrected chi connectivity index (χ4v) is 2.56. The number of likely N-dealkylation sites (N-methyl/N-ethyl adjacent to an activating group) is 1. The van der Waals surface area contributed by atoms with Gasteiger partial charge < -0.3 is 4.90 Å². The lowest BCUT2D eigenvalue weighted by Gasteiger charge is -2.31. The number of benzene rings is 1.